The fraction of sp³-hybridized carbons (Fsp3) is 1.00. The Bertz CT molecular complexity index is 340. The fourth-order valence-electron chi connectivity index (χ4n) is 3.25. The molecule has 0 aromatic carbocycles. The van der Waals surface area contributed by atoms with Gasteiger partial charge in [0, 0.05) is 18.1 Å². The summed E-state index contributed by atoms with van der Waals surface area (Å²) >= 11 is 0. The molecule has 3 atom stereocenters. The van der Waals surface area contributed by atoms with Gasteiger partial charge in [-0.25, -0.2) is 8.42 Å². The van der Waals surface area contributed by atoms with E-state index in [4.69, 9.17) is 0 Å². The molecule has 0 radical (unpaired) electrons. The number of nitrogens with one attached hydrogen (secondary N) is 1. The number of hydrogen-bond acceptors (Lipinski definition) is 3. The van der Waals surface area contributed by atoms with Crippen LogP contribution < -0.4 is 5.32 Å². The molecule has 114 valence electrons. The van der Waals surface area contributed by atoms with E-state index in [1.165, 1.54) is 31.9 Å². The molecule has 0 aromatic heterocycles. The van der Waals surface area contributed by atoms with E-state index < -0.39 is 9.84 Å². The maximum Gasteiger partial charge on any atom is 0.147 e. The molecule has 4 heteroatoms. The molecule has 0 saturated heterocycles. The molecule has 3 unspecified atom stereocenters. The van der Waals surface area contributed by atoms with Gasteiger partial charge in [-0.1, -0.05) is 26.7 Å². The first-order chi connectivity index (χ1) is 8.96. The summed E-state index contributed by atoms with van der Waals surface area (Å²) in [5.74, 6) is 1.99. The van der Waals surface area contributed by atoms with Crippen LogP contribution >= 0.6 is 0 Å². The Labute approximate surface area is 119 Å². The van der Waals surface area contributed by atoms with Crippen LogP contribution in [0.25, 0.3) is 0 Å². The zero-order chi connectivity index (χ0) is 14.3. The Morgan fingerprint density at radius 2 is 2.00 bits per heavy atom. The van der Waals surface area contributed by atoms with Crippen LogP contribution in [0.4, 0.5) is 0 Å². The molecule has 0 amide bonds. The molecule has 0 spiro atoms. The van der Waals surface area contributed by atoms with Crippen molar-refractivity contribution in [1.82, 2.24) is 5.32 Å². The zero-order valence-electron chi connectivity index (χ0n) is 12.8. The lowest BCUT2D eigenvalue weighted by molar-refractivity contribution is 0.328. The van der Waals surface area contributed by atoms with Crippen LogP contribution in [0.2, 0.25) is 0 Å². The number of hydrogen-bond donors (Lipinski definition) is 1. The molecular weight excluding hydrogens is 258 g/mol. The summed E-state index contributed by atoms with van der Waals surface area (Å²) in [5.41, 5.74) is 0. The van der Waals surface area contributed by atoms with Crippen LogP contribution in [0, 0.1) is 11.8 Å². The van der Waals surface area contributed by atoms with E-state index in [1.54, 1.807) is 0 Å². The van der Waals surface area contributed by atoms with Crippen molar-refractivity contribution in [2.75, 3.05) is 18.6 Å². The average Bonchev–Trinajstić information content (AvgIpc) is 2.80. The molecule has 19 heavy (non-hydrogen) atoms. The van der Waals surface area contributed by atoms with Crippen LogP contribution in [0.15, 0.2) is 0 Å². The zero-order valence-corrected chi connectivity index (χ0v) is 13.6. The van der Waals surface area contributed by atoms with Gasteiger partial charge in [-0.2, -0.15) is 0 Å². The van der Waals surface area contributed by atoms with Gasteiger partial charge in [0.05, 0.1) is 0 Å². The smallest absolute Gasteiger partial charge is 0.147 e. The average molecular weight is 289 g/mol. The standard InChI is InChI=1S/C15H31NO2S/c1-4-10-16-15(7-6-11-19(3,17)18)14-9-8-13(5-2)12-14/h13-16H,4-12H2,1-3H3. The topological polar surface area (TPSA) is 46.2 Å². The van der Waals surface area contributed by atoms with E-state index in [9.17, 15) is 8.42 Å². The second-order valence-electron chi connectivity index (χ2n) is 6.18. The van der Waals surface area contributed by atoms with Gasteiger partial charge in [0.2, 0.25) is 0 Å². The Kier molecular flexibility index (Phi) is 7.37. The predicted molar refractivity (Wildman–Crippen MR) is 82.1 cm³/mol. The minimum absolute atomic E-state index is 0.335. The summed E-state index contributed by atoms with van der Waals surface area (Å²) in [5, 5.41) is 3.65. The van der Waals surface area contributed by atoms with Gasteiger partial charge >= 0.3 is 0 Å². The molecule has 1 saturated carbocycles. The Hall–Kier alpha value is -0.0900. The van der Waals surface area contributed by atoms with Crippen LogP contribution in [-0.4, -0.2) is 33.0 Å². The van der Waals surface area contributed by atoms with Gasteiger partial charge in [-0.3, -0.25) is 0 Å². The highest BCUT2D eigenvalue weighted by Crippen LogP contribution is 2.36. The molecule has 1 rings (SSSR count). The molecule has 1 fully saturated rings. The Morgan fingerprint density at radius 1 is 1.26 bits per heavy atom. The third kappa shape index (κ3) is 6.75. The van der Waals surface area contributed by atoms with Crippen molar-refractivity contribution in [3.63, 3.8) is 0 Å². The van der Waals surface area contributed by atoms with E-state index in [0.717, 1.165) is 37.6 Å². The SMILES string of the molecule is CCCNC(CCCS(C)(=O)=O)C1CCC(CC)C1. The maximum absolute atomic E-state index is 11.2. The second-order valence-corrected chi connectivity index (χ2v) is 8.44. The maximum atomic E-state index is 11.2. The van der Waals surface area contributed by atoms with Crippen molar-refractivity contribution in [1.29, 1.82) is 0 Å². The minimum atomic E-state index is -2.81. The van der Waals surface area contributed by atoms with E-state index in [2.05, 4.69) is 19.2 Å². The van der Waals surface area contributed by atoms with Crippen LogP contribution in [-0.2, 0) is 9.84 Å². The van der Waals surface area contributed by atoms with Gasteiger partial charge in [0.1, 0.15) is 9.84 Å². The van der Waals surface area contributed by atoms with Gasteiger partial charge < -0.3 is 5.32 Å². The first kappa shape index (κ1) is 17.0. The van der Waals surface area contributed by atoms with Crippen molar-refractivity contribution in [2.24, 2.45) is 11.8 Å². The molecule has 0 bridgehead atoms. The van der Waals surface area contributed by atoms with Crippen molar-refractivity contribution in [3.05, 3.63) is 0 Å². The molecule has 1 aliphatic carbocycles. The third-order valence-corrected chi connectivity index (χ3v) is 5.45. The molecule has 0 aliphatic heterocycles. The van der Waals surface area contributed by atoms with E-state index in [1.807, 2.05) is 0 Å². The first-order valence-electron chi connectivity index (χ1n) is 7.87. The molecule has 0 aromatic rings. The highest BCUT2D eigenvalue weighted by molar-refractivity contribution is 7.90. The number of rotatable bonds is 9. The molecular formula is C15H31NO2S. The van der Waals surface area contributed by atoms with Crippen LogP contribution in [0.3, 0.4) is 0 Å². The van der Waals surface area contributed by atoms with Crippen molar-refractivity contribution < 1.29 is 8.42 Å². The molecule has 1 aliphatic rings. The lowest BCUT2D eigenvalue weighted by Gasteiger charge is -2.25. The summed E-state index contributed by atoms with van der Waals surface area (Å²) in [7, 11) is -2.81. The summed E-state index contributed by atoms with van der Waals surface area (Å²) in [6.07, 6.45) is 9.59. The normalized spacial score (nSPS) is 25.6. The summed E-state index contributed by atoms with van der Waals surface area (Å²) < 4.78 is 22.5. The fourth-order valence-corrected chi connectivity index (χ4v) is 3.94. The van der Waals surface area contributed by atoms with Gasteiger partial charge in [-0.15, -0.1) is 0 Å². The Morgan fingerprint density at radius 3 is 2.53 bits per heavy atom. The quantitative estimate of drug-likeness (QED) is 0.710. The summed E-state index contributed by atoms with van der Waals surface area (Å²) in [6.45, 7) is 5.52. The summed E-state index contributed by atoms with van der Waals surface area (Å²) in [4.78, 5) is 0. The van der Waals surface area contributed by atoms with Crippen molar-refractivity contribution in [3.8, 4) is 0 Å². The molecule has 0 heterocycles. The number of sulfone groups is 1. The van der Waals surface area contributed by atoms with Crippen LogP contribution in [0.1, 0.15) is 58.8 Å². The minimum Gasteiger partial charge on any atom is -0.314 e. The lowest BCUT2D eigenvalue weighted by Crippen LogP contribution is -2.36. The highest BCUT2D eigenvalue weighted by Gasteiger charge is 2.29. The van der Waals surface area contributed by atoms with E-state index >= 15 is 0 Å². The second kappa shape index (κ2) is 8.25. The van der Waals surface area contributed by atoms with E-state index in [0.29, 0.717) is 11.8 Å². The first-order valence-corrected chi connectivity index (χ1v) is 9.93. The van der Waals surface area contributed by atoms with Crippen LogP contribution in [0.5, 0.6) is 0 Å². The Balaban J connectivity index is 2.42. The molecule has 3 nitrogen and oxygen atoms in total. The van der Waals surface area contributed by atoms with Crippen molar-refractivity contribution >= 4 is 9.84 Å². The third-order valence-electron chi connectivity index (χ3n) is 4.41. The largest absolute Gasteiger partial charge is 0.314 e. The van der Waals surface area contributed by atoms with E-state index in [-0.39, 0.29) is 0 Å². The van der Waals surface area contributed by atoms with Gasteiger partial charge in [0.15, 0.2) is 0 Å². The predicted octanol–water partition coefficient (Wildman–Crippen LogP) is 3.01. The highest BCUT2D eigenvalue weighted by atomic mass is 32.2. The summed E-state index contributed by atoms with van der Waals surface area (Å²) in [6, 6.07) is 0.526. The molecule has 1 N–H and O–H groups in total. The lowest BCUT2D eigenvalue weighted by atomic mass is 9.92. The monoisotopic (exact) mass is 289 g/mol. The van der Waals surface area contributed by atoms with Gasteiger partial charge in [-0.05, 0) is 50.5 Å². The van der Waals surface area contributed by atoms with Crippen molar-refractivity contribution in [2.45, 2.75) is 64.8 Å². The van der Waals surface area contributed by atoms with Gasteiger partial charge in [0.25, 0.3) is 0 Å².